The van der Waals surface area contributed by atoms with Crippen molar-refractivity contribution in [3.63, 3.8) is 0 Å². The van der Waals surface area contributed by atoms with E-state index in [4.69, 9.17) is 4.74 Å². The number of hydrogen-bond acceptors (Lipinski definition) is 3. The number of rotatable bonds is 6. The van der Waals surface area contributed by atoms with Gasteiger partial charge in [-0.25, -0.2) is 4.79 Å². The second kappa shape index (κ2) is 7.52. The predicted molar refractivity (Wildman–Crippen MR) is 80.4 cm³/mol. The molecule has 114 valence electrons. The van der Waals surface area contributed by atoms with Crippen molar-refractivity contribution < 1.29 is 14.3 Å². The van der Waals surface area contributed by atoms with E-state index >= 15 is 0 Å². The third kappa shape index (κ3) is 4.66. The van der Waals surface area contributed by atoms with Crippen molar-refractivity contribution in [3.05, 3.63) is 24.3 Å². The molecule has 3 amide bonds. The van der Waals surface area contributed by atoms with Gasteiger partial charge in [0.2, 0.25) is 5.91 Å². The van der Waals surface area contributed by atoms with Gasteiger partial charge in [-0.05, 0) is 25.0 Å². The monoisotopic (exact) mass is 291 g/mol. The summed E-state index contributed by atoms with van der Waals surface area (Å²) in [4.78, 5) is 25.0. The van der Waals surface area contributed by atoms with Crippen LogP contribution in [0.2, 0.25) is 0 Å². The minimum atomic E-state index is -0.254. The second-order valence-electron chi connectivity index (χ2n) is 4.95. The zero-order valence-corrected chi connectivity index (χ0v) is 12.2. The number of carbonyl (C=O) groups excluding carboxylic acids is 2. The number of methoxy groups -OCH3 is 1. The fraction of sp³-hybridized carbons (Fsp3) is 0.467. The third-order valence-electron chi connectivity index (χ3n) is 3.39. The number of likely N-dealkylation sites (tertiary alicyclic amines) is 1. The van der Waals surface area contributed by atoms with E-state index in [0.29, 0.717) is 30.9 Å². The predicted octanol–water partition coefficient (Wildman–Crippen LogP) is 1.83. The number of ether oxygens (including phenoxy) is 1. The van der Waals surface area contributed by atoms with Crippen molar-refractivity contribution in [1.82, 2.24) is 10.2 Å². The largest absolute Gasteiger partial charge is 0.497 e. The molecule has 0 unspecified atom stereocenters. The molecule has 0 aromatic heterocycles. The Balaban J connectivity index is 1.66. The molecular formula is C15H21N3O3. The molecule has 1 aromatic rings. The molecule has 2 N–H and O–H groups in total. The molecular weight excluding hydrogens is 270 g/mol. The van der Waals surface area contributed by atoms with Crippen molar-refractivity contribution in [2.45, 2.75) is 19.3 Å². The van der Waals surface area contributed by atoms with E-state index in [0.717, 1.165) is 19.4 Å². The van der Waals surface area contributed by atoms with Crippen LogP contribution < -0.4 is 15.4 Å². The van der Waals surface area contributed by atoms with Gasteiger partial charge in [0.25, 0.3) is 0 Å². The first-order valence-corrected chi connectivity index (χ1v) is 7.16. The summed E-state index contributed by atoms with van der Waals surface area (Å²) in [5.74, 6) is 0.913. The molecule has 0 atom stereocenters. The summed E-state index contributed by atoms with van der Waals surface area (Å²) >= 11 is 0. The van der Waals surface area contributed by atoms with E-state index in [1.54, 1.807) is 19.2 Å². The molecule has 0 radical (unpaired) electrons. The fourth-order valence-electron chi connectivity index (χ4n) is 2.29. The minimum Gasteiger partial charge on any atom is -0.497 e. The van der Waals surface area contributed by atoms with Gasteiger partial charge in [-0.1, -0.05) is 6.07 Å². The topological polar surface area (TPSA) is 70.7 Å². The Labute approximate surface area is 124 Å². The summed E-state index contributed by atoms with van der Waals surface area (Å²) < 4.78 is 5.09. The number of nitrogens with zero attached hydrogens (tertiary/aromatic N) is 1. The second-order valence-corrected chi connectivity index (χ2v) is 4.95. The van der Waals surface area contributed by atoms with E-state index in [2.05, 4.69) is 10.6 Å². The molecule has 6 heteroatoms. The minimum absolute atomic E-state index is 0.218. The maximum absolute atomic E-state index is 11.7. The maximum atomic E-state index is 11.7. The van der Waals surface area contributed by atoms with Crippen molar-refractivity contribution in [3.8, 4) is 5.75 Å². The highest BCUT2D eigenvalue weighted by Gasteiger charge is 2.18. The molecule has 2 rings (SSSR count). The van der Waals surface area contributed by atoms with E-state index < -0.39 is 0 Å². The van der Waals surface area contributed by atoms with Crippen LogP contribution in [-0.2, 0) is 4.79 Å². The Hall–Kier alpha value is -2.24. The average molecular weight is 291 g/mol. The number of urea groups is 1. The number of anilines is 1. The zero-order chi connectivity index (χ0) is 15.1. The first kappa shape index (κ1) is 15.2. The number of benzene rings is 1. The van der Waals surface area contributed by atoms with E-state index in [1.165, 1.54) is 0 Å². The molecule has 6 nitrogen and oxygen atoms in total. The quantitative estimate of drug-likeness (QED) is 0.786. The van der Waals surface area contributed by atoms with Crippen LogP contribution in [0.1, 0.15) is 19.3 Å². The summed E-state index contributed by atoms with van der Waals surface area (Å²) in [7, 11) is 1.58. The normalized spacial score (nSPS) is 14.1. The smallest absolute Gasteiger partial charge is 0.319 e. The van der Waals surface area contributed by atoms with Crippen molar-refractivity contribution in [1.29, 1.82) is 0 Å². The Morgan fingerprint density at radius 3 is 3.00 bits per heavy atom. The zero-order valence-electron chi connectivity index (χ0n) is 12.2. The van der Waals surface area contributed by atoms with E-state index in [9.17, 15) is 9.59 Å². The van der Waals surface area contributed by atoms with Crippen LogP contribution in [-0.4, -0.2) is 43.6 Å². The van der Waals surface area contributed by atoms with Crippen LogP contribution in [0, 0.1) is 0 Å². The van der Waals surface area contributed by atoms with Crippen LogP contribution in [0.4, 0.5) is 10.5 Å². The fourth-order valence-corrected chi connectivity index (χ4v) is 2.29. The molecule has 21 heavy (non-hydrogen) atoms. The van der Waals surface area contributed by atoms with Crippen LogP contribution in [0.25, 0.3) is 0 Å². The first-order chi connectivity index (χ1) is 10.2. The number of carbonyl (C=O) groups is 2. The SMILES string of the molecule is COc1cccc(NC(=O)NCCCN2CCCC2=O)c1. The van der Waals surface area contributed by atoms with Gasteiger partial charge in [0, 0.05) is 37.8 Å². The van der Waals surface area contributed by atoms with Gasteiger partial charge in [-0.15, -0.1) is 0 Å². The molecule has 1 aromatic carbocycles. The highest BCUT2D eigenvalue weighted by Crippen LogP contribution is 2.16. The number of amides is 3. The average Bonchev–Trinajstić information content (AvgIpc) is 2.89. The highest BCUT2D eigenvalue weighted by atomic mass is 16.5. The molecule has 1 heterocycles. The third-order valence-corrected chi connectivity index (χ3v) is 3.39. The van der Waals surface area contributed by atoms with Gasteiger partial charge in [0.05, 0.1) is 7.11 Å². The molecule has 0 aliphatic carbocycles. The Kier molecular flexibility index (Phi) is 5.43. The standard InChI is InChI=1S/C15H21N3O3/c1-21-13-6-2-5-12(11-13)17-15(20)16-8-4-10-18-9-3-7-14(18)19/h2,5-6,11H,3-4,7-10H2,1H3,(H2,16,17,20). The van der Waals surface area contributed by atoms with Crippen LogP contribution in [0.15, 0.2) is 24.3 Å². The Bertz CT molecular complexity index is 505. The lowest BCUT2D eigenvalue weighted by atomic mass is 10.3. The summed E-state index contributed by atoms with van der Waals surface area (Å²) in [6.07, 6.45) is 2.36. The van der Waals surface area contributed by atoms with Crippen molar-refractivity contribution in [2.75, 3.05) is 32.1 Å². The Morgan fingerprint density at radius 1 is 1.43 bits per heavy atom. The van der Waals surface area contributed by atoms with E-state index in [1.807, 2.05) is 17.0 Å². The van der Waals surface area contributed by atoms with Crippen molar-refractivity contribution in [2.24, 2.45) is 0 Å². The number of nitrogens with one attached hydrogen (secondary N) is 2. The molecule has 1 aliphatic rings. The molecule has 1 fully saturated rings. The molecule has 0 spiro atoms. The molecule has 1 aliphatic heterocycles. The van der Waals surface area contributed by atoms with Gasteiger partial charge in [-0.3, -0.25) is 4.79 Å². The summed E-state index contributed by atoms with van der Waals surface area (Å²) in [6, 6.07) is 6.92. The lowest BCUT2D eigenvalue weighted by molar-refractivity contribution is -0.127. The summed E-state index contributed by atoms with van der Waals surface area (Å²) in [6.45, 7) is 2.09. The summed E-state index contributed by atoms with van der Waals surface area (Å²) in [5.41, 5.74) is 0.682. The molecule has 0 bridgehead atoms. The van der Waals surface area contributed by atoms with E-state index in [-0.39, 0.29) is 11.9 Å². The molecule has 1 saturated heterocycles. The molecule has 0 saturated carbocycles. The van der Waals surface area contributed by atoms with Gasteiger partial charge in [0.15, 0.2) is 0 Å². The number of hydrogen-bond donors (Lipinski definition) is 2. The lowest BCUT2D eigenvalue weighted by Crippen LogP contribution is -2.33. The maximum Gasteiger partial charge on any atom is 0.319 e. The van der Waals surface area contributed by atoms with Crippen LogP contribution in [0.5, 0.6) is 5.75 Å². The van der Waals surface area contributed by atoms with Gasteiger partial charge in [-0.2, -0.15) is 0 Å². The van der Waals surface area contributed by atoms with Gasteiger partial charge >= 0.3 is 6.03 Å². The van der Waals surface area contributed by atoms with Gasteiger partial charge in [0.1, 0.15) is 5.75 Å². The van der Waals surface area contributed by atoms with Gasteiger partial charge < -0.3 is 20.3 Å². The van der Waals surface area contributed by atoms with Crippen LogP contribution in [0.3, 0.4) is 0 Å². The highest BCUT2D eigenvalue weighted by molar-refractivity contribution is 5.89. The van der Waals surface area contributed by atoms with Crippen LogP contribution >= 0.6 is 0 Å². The lowest BCUT2D eigenvalue weighted by Gasteiger charge is -2.15. The van der Waals surface area contributed by atoms with Crippen molar-refractivity contribution >= 4 is 17.6 Å². The first-order valence-electron chi connectivity index (χ1n) is 7.16. The summed E-state index contributed by atoms with van der Waals surface area (Å²) in [5, 5.41) is 5.52. The Morgan fingerprint density at radius 2 is 2.29 bits per heavy atom.